The smallest absolute Gasteiger partial charge is 0.204 e. The first-order valence-corrected chi connectivity index (χ1v) is 6.71. The minimum absolute atomic E-state index is 0.0601. The first-order chi connectivity index (χ1) is 10.3. The van der Waals surface area contributed by atoms with E-state index >= 15 is 0 Å². The Kier molecular flexibility index (Phi) is 3.51. The highest BCUT2D eigenvalue weighted by atomic mass is 16.1. The number of aromatic nitrogens is 2. The third-order valence-corrected chi connectivity index (χ3v) is 3.34. The molecule has 2 aromatic carbocycles. The molecule has 3 rings (SSSR count). The second-order valence-electron chi connectivity index (χ2n) is 4.76. The molecule has 0 spiro atoms. The fraction of sp³-hybridized carbons (Fsp3) is 0.0588. The summed E-state index contributed by atoms with van der Waals surface area (Å²) in [5, 5.41) is 0. The SMILES string of the molecule is Nc1nccn1-c1ccccc1C(=O)Cc1ccccc1. The molecule has 21 heavy (non-hydrogen) atoms. The summed E-state index contributed by atoms with van der Waals surface area (Å²) < 4.78 is 1.72. The molecule has 104 valence electrons. The van der Waals surface area contributed by atoms with Gasteiger partial charge in [-0.05, 0) is 17.7 Å². The zero-order chi connectivity index (χ0) is 14.7. The summed E-state index contributed by atoms with van der Waals surface area (Å²) in [6.07, 6.45) is 3.74. The maximum atomic E-state index is 12.6. The molecule has 0 amide bonds. The molecule has 4 nitrogen and oxygen atoms in total. The molecule has 4 heteroatoms. The van der Waals surface area contributed by atoms with Gasteiger partial charge in [0.1, 0.15) is 0 Å². The van der Waals surface area contributed by atoms with Crippen LogP contribution in [0.1, 0.15) is 15.9 Å². The van der Waals surface area contributed by atoms with Crippen LogP contribution >= 0.6 is 0 Å². The summed E-state index contributed by atoms with van der Waals surface area (Å²) >= 11 is 0. The molecule has 0 aliphatic heterocycles. The molecule has 0 saturated heterocycles. The second-order valence-corrected chi connectivity index (χ2v) is 4.76. The number of imidazole rings is 1. The van der Waals surface area contributed by atoms with Gasteiger partial charge in [0.2, 0.25) is 5.95 Å². The maximum absolute atomic E-state index is 12.6. The van der Waals surface area contributed by atoms with Crippen LogP contribution in [0.25, 0.3) is 5.69 Å². The van der Waals surface area contributed by atoms with Crippen molar-refractivity contribution in [3.05, 3.63) is 78.1 Å². The quantitative estimate of drug-likeness (QED) is 0.746. The van der Waals surface area contributed by atoms with E-state index in [0.29, 0.717) is 17.9 Å². The zero-order valence-corrected chi connectivity index (χ0v) is 11.4. The Bertz CT molecular complexity index is 762. The average molecular weight is 277 g/mol. The van der Waals surface area contributed by atoms with Crippen LogP contribution in [0.15, 0.2) is 67.0 Å². The lowest BCUT2D eigenvalue weighted by molar-refractivity contribution is 0.0993. The summed E-state index contributed by atoms with van der Waals surface area (Å²) in [7, 11) is 0. The van der Waals surface area contributed by atoms with E-state index < -0.39 is 0 Å². The van der Waals surface area contributed by atoms with E-state index in [9.17, 15) is 4.79 Å². The van der Waals surface area contributed by atoms with Gasteiger partial charge in [-0.15, -0.1) is 0 Å². The van der Waals surface area contributed by atoms with Gasteiger partial charge in [0.15, 0.2) is 5.78 Å². The van der Waals surface area contributed by atoms with Crippen LogP contribution in [-0.2, 0) is 6.42 Å². The molecule has 1 aromatic heterocycles. The lowest BCUT2D eigenvalue weighted by Gasteiger charge is -2.10. The van der Waals surface area contributed by atoms with Gasteiger partial charge < -0.3 is 5.73 Å². The largest absolute Gasteiger partial charge is 0.369 e. The first kappa shape index (κ1) is 13.1. The van der Waals surface area contributed by atoms with Gasteiger partial charge in [-0.1, -0.05) is 42.5 Å². The van der Waals surface area contributed by atoms with E-state index in [-0.39, 0.29) is 5.78 Å². The number of para-hydroxylation sites is 1. The Labute approximate surface area is 122 Å². The number of carbonyl (C=O) groups is 1. The van der Waals surface area contributed by atoms with Crippen LogP contribution in [0, 0.1) is 0 Å². The number of Topliss-reactive ketones (excluding diaryl/α,β-unsaturated/α-hetero) is 1. The lowest BCUT2D eigenvalue weighted by Crippen LogP contribution is -2.10. The van der Waals surface area contributed by atoms with E-state index in [0.717, 1.165) is 11.3 Å². The Hall–Kier alpha value is -2.88. The summed E-state index contributed by atoms with van der Waals surface area (Å²) in [5.41, 5.74) is 8.23. The van der Waals surface area contributed by atoms with Crippen molar-refractivity contribution < 1.29 is 4.79 Å². The summed E-state index contributed by atoms with van der Waals surface area (Å²) in [5.74, 6) is 0.430. The highest BCUT2D eigenvalue weighted by Crippen LogP contribution is 2.19. The normalized spacial score (nSPS) is 10.5. The molecule has 0 unspecified atom stereocenters. The predicted octanol–water partition coefficient (Wildman–Crippen LogP) is 2.88. The molecule has 2 N–H and O–H groups in total. The van der Waals surface area contributed by atoms with Gasteiger partial charge in [-0.25, -0.2) is 4.98 Å². The highest BCUT2D eigenvalue weighted by molar-refractivity contribution is 6.00. The van der Waals surface area contributed by atoms with E-state index in [1.54, 1.807) is 17.0 Å². The van der Waals surface area contributed by atoms with Crippen molar-refractivity contribution in [1.82, 2.24) is 9.55 Å². The van der Waals surface area contributed by atoms with Gasteiger partial charge in [0.25, 0.3) is 0 Å². The molecular weight excluding hydrogens is 262 g/mol. The average Bonchev–Trinajstić information content (AvgIpc) is 2.94. The third kappa shape index (κ3) is 2.69. The Balaban J connectivity index is 1.96. The maximum Gasteiger partial charge on any atom is 0.204 e. The van der Waals surface area contributed by atoms with Crippen LogP contribution in [0.4, 0.5) is 5.95 Å². The number of benzene rings is 2. The standard InChI is InChI=1S/C17H15N3O/c18-17-19-10-11-20(17)15-9-5-4-8-14(15)16(21)12-13-6-2-1-3-7-13/h1-11H,12H2,(H2,18,19). The van der Waals surface area contributed by atoms with E-state index in [2.05, 4.69) is 4.98 Å². The lowest BCUT2D eigenvalue weighted by atomic mass is 10.0. The number of hydrogen-bond donors (Lipinski definition) is 1. The van der Waals surface area contributed by atoms with Crippen molar-refractivity contribution >= 4 is 11.7 Å². The molecule has 3 aromatic rings. The van der Waals surface area contributed by atoms with E-state index in [1.165, 1.54) is 0 Å². The monoisotopic (exact) mass is 277 g/mol. The fourth-order valence-electron chi connectivity index (χ4n) is 2.31. The number of nitrogens with two attached hydrogens (primary N) is 1. The second kappa shape index (κ2) is 5.63. The Morgan fingerprint density at radius 2 is 1.76 bits per heavy atom. The van der Waals surface area contributed by atoms with Crippen LogP contribution in [0.5, 0.6) is 0 Å². The van der Waals surface area contributed by atoms with Gasteiger partial charge in [-0.2, -0.15) is 0 Å². The Morgan fingerprint density at radius 3 is 2.48 bits per heavy atom. The summed E-state index contributed by atoms with van der Waals surface area (Å²) in [6, 6.07) is 17.1. The van der Waals surface area contributed by atoms with Crippen molar-refractivity contribution in [3.63, 3.8) is 0 Å². The molecule has 0 aliphatic rings. The number of rotatable bonds is 4. The van der Waals surface area contributed by atoms with Gasteiger partial charge in [0, 0.05) is 24.4 Å². The van der Waals surface area contributed by atoms with Crippen LogP contribution < -0.4 is 5.73 Å². The molecule has 0 saturated carbocycles. The van der Waals surface area contributed by atoms with E-state index in [4.69, 9.17) is 5.73 Å². The van der Waals surface area contributed by atoms with Crippen molar-refractivity contribution in [2.24, 2.45) is 0 Å². The van der Waals surface area contributed by atoms with Crippen molar-refractivity contribution in [2.45, 2.75) is 6.42 Å². The van der Waals surface area contributed by atoms with Crippen molar-refractivity contribution in [1.29, 1.82) is 0 Å². The minimum atomic E-state index is 0.0601. The van der Waals surface area contributed by atoms with Gasteiger partial charge in [0.05, 0.1) is 5.69 Å². The molecule has 0 atom stereocenters. The molecule has 1 heterocycles. The third-order valence-electron chi connectivity index (χ3n) is 3.34. The predicted molar refractivity (Wildman–Crippen MR) is 82.5 cm³/mol. The number of nitrogen functional groups attached to an aromatic ring is 1. The van der Waals surface area contributed by atoms with Crippen LogP contribution in [0.3, 0.4) is 0 Å². The van der Waals surface area contributed by atoms with Gasteiger partial charge in [-0.3, -0.25) is 9.36 Å². The molecule has 0 fully saturated rings. The topological polar surface area (TPSA) is 60.9 Å². The first-order valence-electron chi connectivity index (χ1n) is 6.71. The number of nitrogens with zero attached hydrogens (tertiary/aromatic N) is 2. The number of hydrogen-bond acceptors (Lipinski definition) is 3. The molecule has 0 aliphatic carbocycles. The molecule has 0 bridgehead atoms. The molecule has 0 radical (unpaired) electrons. The zero-order valence-electron chi connectivity index (χ0n) is 11.4. The molecular formula is C17H15N3O. The van der Waals surface area contributed by atoms with Crippen LogP contribution in [0.2, 0.25) is 0 Å². The fourth-order valence-corrected chi connectivity index (χ4v) is 2.31. The van der Waals surface area contributed by atoms with Crippen molar-refractivity contribution in [3.8, 4) is 5.69 Å². The van der Waals surface area contributed by atoms with E-state index in [1.807, 2.05) is 54.6 Å². The van der Waals surface area contributed by atoms with Crippen molar-refractivity contribution in [2.75, 3.05) is 5.73 Å². The highest BCUT2D eigenvalue weighted by Gasteiger charge is 2.14. The van der Waals surface area contributed by atoms with Gasteiger partial charge >= 0.3 is 0 Å². The summed E-state index contributed by atoms with van der Waals surface area (Å²) in [4.78, 5) is 16.6. The summed E-state index contributed by atoms with van der Waals surface area (Å²) in [6.45, 7) is 0. The Morgan fingerprint density at radius 1 is 1.05 bits per heavy atom. The minimum Gasteiger partial charge on any atom is -0.369 e. The number of anilines is 1. The van der Waals surface area contributed by atoms with Crippen LogP contribution in [-0.4, -0.2) is 15.3 Å². The number of ketones is 1. The number of carbonyl (C=O) groups excluding carboxylic acids is 1.